The van der Waals surface area contributed by atoms with Crippen LogP contribution in [0.1, 0.15) is 43.8 Å². The summed E-state index contributed by atoms with van der Waals surface area (Å²) in [5.41, 5.74) is 9.05. The number of aromatic nitrogens is 2. The first-order valence-electron chi connectivity index (χ1n) is 8.18. The first-order valence-corrected chi connectivity index (χ1v) is 8.18. The van der Waals surface area contributed by atoms with Crippen molar-refractivity contribution in [1.82, 2.24) is 14.5 Å². The van der Waals surface area contributed by atoms with Gasteiger partial charge in [0.1, 0.15) is 5.82 Å². The minimum atomic E-state index is 0.645. The van der Waals surface area contributed by atoms with Gasteiger partial charge in [-0.2, -0.15) is 0 Å². The molecule has 1 aliphatic carbocycles. The van der Waals surface area contributed by atoms with Crippen LogP contribution in [0.4, 0.5) is 5.69 Å². The normalized spacial score (nSPS) is 23.8. The summed E-state index contributed by atoms with van der Waals surface area (Å²) < 4.78 is 2.47. The van der Waals surface area contributed by atoms with Crippen LogP contribution in [0.25, 0.3) is 11.0 Å². The van der Waals surface area contributed by atoms with Gasteiger partial charge in [-0.25, -0.2) is 4.98 Å². The molecule has 2 aromatic rings. The average Bonchev–Trinajstić information content (AvgIpc) is 3.25. The van der Waals surface area contributed by atoms with Gasteiger partial charge >= 0.3 is 0 Å². The number of piperidine rings is 1. The van der Waals surface area contributed by atoms with Crippen molar-refractivity contribution in [3.63, 3.8) is 0 Å². The molecule has 4 heteroatoms. The molecule has 2 aliphatic rings. The van der Waals surface area contributed by atoms with E-state index in [2.05, 4.69) is 22.6 Å². The number of benzene rings is 1. The Bertz CT molecular complexity index is 656. The maximum Gasteiger partial charge on any atom is 0.113 e. The van der Waals surface area contributed by atoms with Gasteiger partial charge in [0.2, 0.25) is 0 Å². The van der Waals surface area contributed by atoms with E-state index in [1.54, 1.807) is 0 Å². The Hall–Kier alpha value is -1.55. The van der Waals surface area contributed by atoms with Crippen LogP contribution >= 0.6 is 0 Å². The monoisotopic (exact) mass is 284 g/mol. The van der Waals surface area contributed by atoms with Crippen LogP contribution in [0.5, 0.6) is 0 Å². The van der Waals surface area contributed by atoms with Gasteiger partial charge in [0.15, 0.2) is 0 Å². The molecule has 1 aromatic carbocycles. The largest absolute Gasteiger partial charge is 0.399 e. The van der Waals surface area contributed by atoms with E-state index in [-0.39, 0.29) is 0 Å². The third-order valence-electron chi connectivity index (χ3n) is 5.06. The Morgan fingerprint density at radius 1 is 1.24 bits per heavy atom. The standard InChI is InChI=1S/C17H24N4/c1-20-9-3-2-4-14(20)11-21-16-8-7-13(18)10-15(16)19-17(21)12-5-6-12/h7-8,10,12,14H,2-6,9,11,18H2,1H3. The van der Waals surface area contributed by atoms with E-state index in [4.69, 9.17) is 10.7 Å². The van der Waals surface area contributed by atoms with Crippen LogP contribution in [0.3, 0.4) is 0 Å². The molecule has 0 amide bonds. The van der Waals surface area contributed by atoms with Gasteiger partial charge in [0, 0.05) is 24.2 Å². The Balaban J connectivity index is 1.73. The first kappa shape index (κ1) is 13.1. The molecule has 1 aliphatic heterocycles. The van der Waals surface area contributed by atoms with Crippen molar-refractivity contribution < 1.29 is 0 Å². The maximum absolute atomic E-state index is 5.92. The lowest BCUT2D eigenvalue weighted by Gasteiger charge is -2.33. The summed E-state index contributed by atoms with van der Waals surface area (Å²) in [5.74, 6) is 1.96. The lowest BCUT2D eigenvalue weighted by molar-refractivity contribution is 0.167. The summed E-state index contributed by atoms with van der Waals surface area (Å²) in [6, 6.07) is 6.81. The highest BCUT2D eigenvalue weighted by atomic mass is 15.2. The number of anilines is 1. The molecule has 4 rings (SSSR count). The number of hydrogen-bond acceptors (Lipinski definition) is 3. The number of fused-ring (bicyclic) bond motifs is 1. The van der Waals surface area contributed by atoms with Gasteiger partial charge in [0.05, 0.1) is 11.0 Å². The molecule has 21 heavy (non-hydrogen) atoms. The highest BCUT2D eigenvalue weighted by Gasteiger charge is 2.31. The molecule has 1 saturated heterocycles. The predicted octanol–water partition coefficient (Wildman–Crippen LogP) is 2.98. The fourth-order valence-corrected chi connectivity index (χ4v) is 3.60. The number of likely N-dealkylation sites (tertiary alicyclic amines) is 1. The van der Waals surface area contributed by atoms with E-state index >= 15 is 0 Å². The Kier molecular flexibility index (Phi) is 3.14. The van der Waals surface area contributed by atoms with Crippen molar-refractivity contribution >= 4 is 16.7 Å². The van der Waals surface area contributed by atoms with Crippen LogP contribution in [0.2, 0.25) is 0 Å². The number of nitrogens with two attached hydrogens (primary N) is 1. The molecule has 4 nitrogen and oxygen atoms in total. The van der Waals surface area contributed by atoms with Crippen molar-refractivity contribution in [3.8, 4) is 0 Å². The molecule has 1 atom stereocenters. The fourth-order valence-electron chi connectivity index (χ4n) is 3.60. The second kappa shape index (κ2) is 5.02. The minimum absolute atomic E-state index is 0.645. The smallest absolute Gasteiger partial charge is 0.113 e. The molecule has 0 bridgehead atoms. The van der Waals surface area contributed by atoms with Crippen molar-refractivity contribution in [2.75, 3.05) is 19.3 Å². The van der Waals surface area contributed by atoms with Gasteiger partial charge in [-0.3, -0.25) is 0 Å². The molecule has 2 heterocycles. The van der Waals surface area contributed by atoms with Crippen LogP contribution in [0.15, 0.2) is 18.2 Å². The number of likely N-dealkylation sites (N-methyl/N-ethyl adjacent to an activating group) is 1. The van der Waals surface area contributed by atoms with Crippen molar-refractivity contribution in [3.05, 3.63) is 24.0 Å². The zero-order valence-corrected chi connectivity index (χ0v) is 12.8. The quantitative estimate of drug-likeness (QED) is 0.881. The van der Waals surface area contributed by atoms with Crippen molar-refractivity contribution in [2.24, 2.45) is 0 Å². The maximum atomic E-state index is 5.92. The highest BCUT2D eigenvalue weighted by molar-refractivity contribution is 5.80. The van der Waals surface area contributed by atoms with E-state index in [0.29, 0.717) is 12.0 Å². The number of nitrogens with zero attached hydrogens (tertiary/aromatic N) is 3. The van der Waals surface area contributed by atoms with Gasteiger partial charge in [0.25, 0.3) is 0 Å². The molecule has 112 valence electrons. The zero-order valence-electron chi connectivity index (χ0n) is 12.8. The third kappa shape index (κ3) is 2.42. The molecule has 2 N–H and O–H groups in total. The lowest BCUT2D eigenvalue weighted by atomic mass is 10.0. The Morgan fingerprint density at radius 3 is 2.86 bits per heavy atom. The summed E-state index contributed by atoms with van der Waals surface area (Å²) in [5, 5.41) is 0. The fraction of sp³-hybridized carbons (Fsp3) is 0.588. The lowest BCUT2D eigenvalue weighted by Crippen LogP contribution is -2.39. The van der Waals surface area contributed by atoms with E-state index in [1.165, 1.54) is 50.0 Å². The molecular formula is C17H24N4. The third-order valence-corrected chi connectivity index (χ3v) is 5.06. The predicted molar refractivity (Wildman–Crippen MR) is 86.4 cm³/mol. The average molecular weight is 284 g/mol. The molecule has 1 saturated carbocycles. The molecular weight excluding hydrogens is 260 g/mol. The number of nitrogen functional groups attached to an aromatic ring is 1. The summed E-state index contributed by atoms with van der Waals surface area (Å²) in [4.78, 5) is 7.41. The molecule has 0 spiro atoms. The van der Waals surface area contributed by atoms with Crippen LogP contribution in [-0.2, 0) is 6.54 Å². The van der Waals surface area contributed by atoms with Gasteiger partial charge in [-0.1, -0.05) is 6.42 Å². The van der Waals surface area contributed by atoms with E-state index in [1.807, 2.05) is 12.1 Å². The van der Waals surface area contributed by atoms with Gasteiger partial charge in [-0.05, 0) is 57.5 Å². The second-order valence-electron chi connectivity index (χ2n) is 6.73. The molecule has 1 aromatic heterocycles. The summed E-state index contributed by atoms with van der Waals surface area (Å²) >= 11 is 0. The van der Waals surface area contributed by atoms with Gasteiger partial charge in [-0.15, -0.1) is 0 Å². The number of rotatable bonds is 3. The van der Waals surface area contributed by atoms with Crippen LogP contribution < -0.4 is 5.73 Å². The van der Waals surface area contributed by atoms with Crippen molar-refractivity contribution in [1.29, 1.82) is 0 Å². The van der Waals surface area contributed by atoms with E-state index < -0.39 is 0 Å². The SMILES string of the molecule is CN1CCCCC1Cn1c(C2CC2)nc2cc(N)ccc21. The number of hydrogen-bond donors (Lipinski definition) is 1. The van der Waals surface area contributed by atoms with Crippen molar-refractivity contribution in [2.45, 2.75) is 50.6 Å². The molecule has 2 fully saturated rings. The number of imidazole rings is 1. The second-order valence-corrected chi connectivity index (χ2v) is 6.73. The van der Waals surface area contributed by atoms with Crippen LogP contribution in [-0.4, -0.2) is 34.1 Å². The first-order chi connectivity index (χ1) is 10.2. The topological polar surface area (TPSA) is 47.1 Å². The molecule has 1 unspecified atom stereocenters. The molecule has 0 radical (unpaired) electrons. The van der Waals surface area contributed by atoms with E-state index in [0.717, 1.165) is 17.7 Å². The highest BCUT2D eigenvalue weighted by Crippen LogP contribution is 2.41. The zero-order chi connectivity index (χ0) is 14.4. The van der Waals surface area contributed by atoms with E-state index in [9.17, 15) is 0 Å². The summed E-state index contributed by atoms with van der Waals surface area (Å²) in [6.45, 7) is 2.30. The van der Waals surface area contributed by atoms with Gasteiger partial charge < -0.3 is 15.2 Å². The Morgan fingerprint density at radius 2 is 2.10 bits per heavy atom. The van der Waals surface area contributed by atoms with Crippen LogP contribution in [0, 0.1) is 0 Å². The minimum Gasteiger partial charge on any atom is -0.399 e. The summed E-state index contributed by atoms with van der Waals surface area (Å²) in [6.07, 6.45) is 6.57. The Labute approximate surface area is 125 Å². The summed E-state index contributed by atoms with van der Waals surface area (Å²) in [7, 11) is 2.26.